The lowest BCUT2D eigenvalue weighted by atomic mass is 10.2. The first-order valence-corrected chi connectivity index (χ1v) is 8.44. The topological polar surface area (TPSA) is 62.1 Å². The predicted molar refractivity (Wildman–Crippen MR) is 95.3 cm³/mol. The zero-order valence-electron chi connectivity index (χ0n) is 13.8. The highest BCUT2D eigenvalue weighted by atomic mass is 16.4. The first kappa shape index (κ1) is 14.3. The number of nitrogens with zero attached hydrogens (tertiary/aromatic N) is 3. The van der Waals surface area contributed by atoms with Gasteiger partial charge in [0.2, 0.25) is 0 Å². The van der Waals surface area contributed by atoms with Gasteiger partial charge in [-0.3, -0.25) is 13.7 Å². The van der Waals surface area contributed by atoms with Crippen molar-refractivity contribution in [2.45, 2.75) is 19.4 Å². The molecule has 5 rings (SSSR count). The van der Waals surface area contributed by atoms with E-state index in [9.17, 15) is 9.59 Å². The Bertz CT molecular complexity index is 1230. The summed E-state index contributed by atoms with van der Waals surface area (Å²) in [5, 5.41) is 0. The fourth-order valence-corrected chi connectivity index (χ4v) is 3.47. The Morgan fingerprint density at radius 3 is 2.56 bits per heavy atom. The number of hydrogen-bond acceptors (Lipinski definition) is 3. The molecule has 2 aromatic carbocycles. The molecular weight excluding hydrogens is 318 g/mol. The molecule has 1 aliphatic rings. The van der Waals surface area contributed by atoms with E-state index in [4.69, 9.17) is 4.42 Å². The summed E-state index contributed by atoms with van der Waals surface area (Å²) >= 11 is 0. The van der Waals surface area contributed by atoms with Gasteiger partial charge < -0.3 is 4.42 Å². The standard InChI is InChI=1S/C19H17N3O3/c1-20-14-4-2-3-5-15(14)22(18(20)23)13-8-9-16-17(10-13)25-19(24)21(16)11-12-6-7-12/h2-5,8-10,12H,6-7,11H2,1H3. The van der Waals surface area contributed by atoms with E-state index in [1.165, 1.54) is 12.8 Å². The molecule has 1 fully saturated rings. The fraction of sp³-hybridized carbons (Fsp3) is 0.263. The minimum Gasteiger partial charge on any atom is -0.408 e. The molecule has 0 saturated heterocycles. The zero-order valence-corrected chi connectivity index (χ0v) is 13.8. The monoisotopic (exact) mass is 335 g/mol. The molecule has 0 amide bonds. The van der Waals surface area contributed by atoms with Crippen LogP contribution in [0.3, 0.4) is 0 Å². The lowest BCUT2D eigenvalue weighted by Crippen LogP contribution is -2.20. The second-order valence-corrected chi connectivity index (χ2v) is 6.74. The number of imidazole rings is 1. The Labute approximate surface area is 142 Å². The van der Waals surface area contributed by atoms with E-state index in [1.54, 1.807) is 26.8 Å². The van der Waals surface area contributed by atoms with Crippen molar-refractivity contribution in [3.63, 3.8) is 0 Å². The van der Waals surface area contributed by atoms with Crippen LogP contribution < -0.4 is 11.4 Å². The van der Waals surface area contributed by atoms with Gasteiger partial charge in [0.15, 0.2) is 5.58 Å². The first-order valence-electron chi connectivity index (χ1n) is 8.44. The molecule has 2 aromatic heterocycles. The molecule has 1 aliphatic carbocycles. The molecule has 0 spiro atoms. The molecule has 0 atom stereocenters. The van der Waals surface area contributed by atoms with E-state index in [0.29, 0.717) is 23.7 Å². The molecular formula is C19H17N3O3. The second-order valence-electron chi connectivity index (χ2n) is 6.74. The maximum atomic E-state index is 12.7. The van der Waals surface area contributed by atoms with Gasteiger partial charge in [-0.15, -0.1) is 0 Å². The largest absolute Gasteiger partial charge is 0.419 e. The summed E-state index contributed by atoms with van der Waals surface area (Å²) in [5.41, 5.74) is 3.56. The summed E-state index contributed by atoms with van der Waals surface area (Å²) in [6, 6.07) is 13.2. The number of fused-ring (bicyclic) bond motifs is 2. The number of oxazole rings is 1. The van der Waals surface area contributed by atoms with Crippen molar-refractivity contribution in [2.24, 2.45) is 13.0 Å². The van der Waals surface area contributed by atoms with Crippen LogP contribution in [0.2, 0.25) is 0 Å². The Morgan fingerprint density at radius 1 is 1.04 bits per heavy atom. The van der Waals surface area contributed by atoms with Gasteiger partial charge in [-0.25, -0.2) is 9.59 Å². The van der Waals surface area contributed by atoms with Gasteiger partial charge in [-0.1, -0.05) is 12.1 Å². The van der Waals surface area contributed by atoms with Gasteiger partial charge in [0.05, 0.1) is 22.2 Å². The maximum absolute atomic E-state index is 12.7. The van der Waals surface area contributed by atoms with Crippen molar-refractivity contribution in [1.82, 2.24) is 13.7 Å². The van der Waals surface area contributed by atoms with Crippen LogP contribution in [0.5, 0.6) is 0 Å². The van der Waals surface area contributed by atoms with Gasteiger partial charge >= 0.3 is 11.4 Å². The number of rotatable bonds is 3. The van der Waals surface area contributed by atoms with Crippen LogP contribution in [0.15, 0.2) is 56.5 Å². The third-order valence-corrected chi connectivity index (χ3v) is 5.01. The molecule has 126 valence electrons. The van der Waals surface area contributed by atoms with Crippen molar-refractivity contribution in [3.05, 3.63) is 63.5 Å². The van der Waals surface area contributed by atoms with Crippen LogP contribution in [0.1, 0.15) is 12.8 Å². The normalized spacial score (nSPS) is 14.6. The summed E-state index contributed by atoms with van der Waals surface area (Å²) in [5.74, 6) is 0.253. The molecule has 0 aliphatic heterocycles. The predicted octanol–water partition coefficient (Wildman–Crippen LogP) is 2.65. The maximum Gasteiger partial charge on any atom is 0.419 e. The average Bonchev–Trinajstić information content (AvgIpc) is 3.33. The molecule has 1 saturated carbocycles. The molecule has 0 bridgehead atoms. The number of benzene rings is 2. The lowest BCUT2D eigenvalue weighted by molar-refractivity contribution is 0.492. The van der Waals surface area contributed by atoms with Crippen LogP contribution in [0, 0.1) is 5.92 Å². The van der Waals surface area contributed by atoms with E-state index < -0.39 is 0 Å². The van der Waals surface area contributed by atoms with Crippen LogP contribution in [-0.2, 0) is 13.6 Å². The summed E-state index contributed by atoms with van der Waals surface area (Å²) in [4.78, 5) is 24.8. The van der Waals surface area contributed by atoms with E-state index in [0.717, 1.165) is 16.6 Å². The zero-order chi connectivity index (χ0) is 17.1. The van der Waals surface area contributed by atoms with E-state index in [-0.39, 0.29) is 11.4 Å². The van der Waals surface area contributed by atoms with Crippen molar-refractivity contribution in [2.75, 3.05) is 0 Å². The minimum absolute atomic E-state index is 0.125. The lowest BCUT2D eigenvalue weighted by Gasteiger charge is -2.04. The molecule has 6 nitrogen and oxygen atoms in total. The van der Waals surface area contributed by atoms with Gasteiger partial charge in [0, 0.05) is 19.7 Å². The third-order valence-electron chi connectivity index (χ3n) is 5.01. The molecule has 0 radical (unpaired) electrons. The second kappa shape index (κ2) is 4.99. The SMILES string of the molecule is Cn1c(=O)n(-c2ccc3c(c2)oc(=O)n3CC2CC2)c2ccccc21. The smallest absolute Gasteiger partial charge is 0.408 e. The van der Waals surface area contributed by atoms with Crippen molar-refractivity contribution in [3.8, 4) is 5.69 Å². The van der Waals surface area contributed by atoms with Crippen molar-refractivity contribution in [1.29, 1.82) is 0 Å². The summed E-state index contributed by atoms with van der Waals surface area (Å²) in [7, 11) is 1.76. The summed E-state index contributed by atoms with van der Waals surface area (Å²) in [6.45, 7) is 0.708. The van der Waals surface area contributed by atoms with Gasteiger partial charge in [0.1, 0.15) is 0 Å². The van der Waals surface area contributed by atoms with Crippen molar-refractivity contribution < 1.29 is 4.42 Å². The van der Waals surface area contributed by atoms with E-state index in [2.05, 4.69) is 0 Å². The molecule has 25 heavy (non-hydrogen) atoms. The Hall–Kier alpha value is -3.02. The van der Waals surface area contributed by atoms with Crippen LogP contribution in [-0.4, -0.2) is 13.7 Å². The van der Waals surface area contributed by atoms with E-state index >= 15 is 0 Å². The minimum atomic E-state index is -0.329. The molecule has 0 unspecified atom stereocenters. The number of para-hydroxylation sites is 2. The Morgan fingerprint density at radius 2 is 1.80 bits per heavy atom. The van der Waals surface area contributed by atoms with Crippen LogP contribution in [0.4, 0.5) is 0 Å². The van der Waals surface area contributed by atoms with Gasteiger partial charge in [0.25, 0.3) is 0 Å². The quantitative estimate of drug-likeness (QED) is 0.578. The Kier molecular flexibility index (Phi) is 2.86. The third kappa shape index (κ3) is 2.10. The fourth-order valence-electron chi connectivity index (χ4n) is 3.47. The van der Waals surface area contributed by atoms with Crippen LogP contribution in [0.25, 0.3) is 27.8 Å². The number of hydrogen-bond donors (Lipinski definition) is 0. The molecule has 4 aromatic rings. The highest BCUT2D eigenvalue weighted by Gasteiger charge is 2.24. The van der Waals surface area contributed by atoms with Crippen molar-refractivity contribution >= 4 is 22.1 Å². The molecule has 0 N–H and O–H groups in total. The number of aromatic nitrogens is 3. The van der Waals surface area contributed by atoms with E-state index in [1.807, 2.05) is 36.4 Å². The highest BCUT2D eigenvalue weighted by molar-refractivity contribution is 5.80. The number of aryl methyl sites for hydroxylation is 1. The summed E-state index contributed by atoms with van der Waals surface area (Å²) in [6.07, 6.45) is 2.34. The molecule has 2 heterocycles. The molecule has 6 heteroatoms. The first-order chi connectivity index (χ1) is 12.1. The summed E-state index contributed by atoms with van der Waals surface area (Å²) < 4.78 is 10.4. The van der Waals surface area contributed by atoms with Gasteiger partial charge in [-0.05, 0) is 43.0 Å². The average molecular weight is 335 g/mol. The van der Waals surface area contributed by atoms with Crippen LogP contribution >= 0.6 is 0 Å². The van der Waals surface area contributed by atoms with Gasteiger partial charge in [-0.2, -0.15) is 0 Å². The Balaban J connectivity index is 1.73. The highest BCUT2D eigenvalue weighted by Crippen LogP contribution is 2.31.